The Morgan fingerprint density at radius 3 is 2.38 bits per heavy atom. The van der Waals surface area contributed by atoms with Crippen molar-refractivity contribution in [3.8, 4) is 0 Å². The number of piperazine rings is 1. The number of alkyl halides is 3. The third-order valence-corrected chi connectivity index (χ3v) is 4.88. The summed E-state index contributed by atoms with van der Waals surface area (Å²) in [7, 11) is 0. The maximum Gasteiger partial charge on any atom is 0.416 e. The summed E-state index contributed by atoms with van der Waals surface area (Å²) in [4.78, 5) is 16.6. The third kappa shape index (κ3) is 6.39. The Hall–Kier alpha value is -2.74. The Bertz CT molecular complexity index is 790. The van der Waals surface area contributed by atoms with E-state index in [9.17, 15) is 18.0 Å². The lowest BCUT2D eigenvalue weighted by molar-refractivity contribution is -0.137. The first-order valence-corrected chi connectivity index (χ1v) is 9.66. The third-order valence-electron chi connectivity index (χ3n) is 4.88. The second-order valence-electron chi connectivity index (χ2n) is 6.98. The van der Waals surface area contributed by atoms with E-state index in [0.717, 1.165) is 51.3 Å². The van der Waals surface area contributed by atoms with Crippen LogP contribution in [0, 0.1) is 0 Å². The number of rotatable bonds is 6. The van der Waals surface area contributed by atoms with E-state index in [0.29, 0.717) is 6.54 Å². The zero-order valence-electron chi connectivity index (χ0n) is 16.1. The molecule has 1 saturated heterocycles. The van der Waals surface area contributed by atoms with E-state index in [-0.39, 0.29) is 5.69 Å². The minimum absolute atomic E-state index is 0.120. The number of urea groups is 1. The van der Waals surface area contributed by atoms with Crippen LogP contribution in [-0.2, 0) is 6.18 Å². The summed E-state index contributed by atoms with van der Waals surface area (Å²) in [5.41, 5.74) is 0.569. The molecule has 0 atom stereocenters. The Morgan fingerprint density at radius 1 is 0.966 bits per heavy atom. The molecule has 2 amide bonds. The van der Waals surface area contributed by atoms with Crippen LogP contribution in [0.1, 0.15) is 12.0 Å². The SMILES string of the molecule is O=C(NCCCN1CCN(c2ccccc2)CC1)Nc1cccc(C(F)(F)F)c1. The first-order chi connectivity index (χ1) is 13.9. The average Bonchev–Trinajstić information content (AvgIpc) is 2.72. The van der Waals surface area contributed by atoms with Crippen molar-refractivity contribution in [3.05, 3.63) is 60.2 Å². The molecule has 1 heterocycles. The van der Waals surface area contributed by atoms with E-state index in [2.05, 4.69) is 32.6 Å². The molecule has 0 bridgehead atoms. The molecule has 2 N–H and O–H groups in total. The predicted molar refractivity (Wildman–Crippen MR) is 108 cm³/mol. The van der Waals surface area contributed by atoms with Gasteiger partial charge in [-0.15, -0.1) is 0 Å². The molecule has 0 unspecified atom stereocenters. The van der Waals surface area contributed by atoms with Crippen LogP contribution in [0.25, 0.3) is 0 Å². The molecule has 0 radical (unpaired) electrons. The molecule has 156 valence electrons. The van der Waals surface area contributed by atoms with Gasteiger partial charge in [0, 0.05) is 44.1 Å². The minimum atomic E-state index is -4.43. The van der Waals surface area contributed by atoms with Gasteiger partial charge in [0.1, 0.15) is 0 Å². The zero-order valence-corrected chi connectivity index (χ0v) is 16.1. The van der Waals surface area contributed by atoms with Gasteiger partial charge >= 0.3 is 12.2 Å². The number of para-hydroxylation sites is 1. The summed E-state index contributed by atoms with van der Waals surface area (Å²) in [6.45, 7) is 5.19. The molecule has 29 heavy (non-hydrogen) atoms. The number of halogens is 3. The first-order valence-electron chi connectivity index (χ1n) is 9.66. The fourth-order valence-corrected chi connectivity index (χ4v) is 3.32. The van der Waals surface area contributed by atoms with E-state index in [1.54, 1.807) is 0 Å². The van der Waals surface area contributed by atoms with Crippen molar-refractivity contribution in [2.45, 2.75) is 12.6 Å². The van der Waals surface area contributed by atoms with Gasteiger partial charge in [0.15, 0.2) is 0 Å². The van der Waals surface area contributed by atoms with E-state index >= 15 is 0 Å². The minimum Gasteiger partial charge on any atom is -0.369 e. The lowest BCUT2D eigenvalue weighted by atomic mass is 10.2. The molecule has 5 nitrogen and oxygen atoms in total. The van der Waals surface area contributed by atoms with Crippen molar-refractivity contribution in [2.24, 2.45) is 0 Å². The van der Waals surface area contributed by atoms with Gasteiger partial charge < -0.3 is 15.5 Å². The fraction of sp³-hybridized carbons (Fsp3) is 0.381. The van der Waals surface area contributed by atoms with Crippen LogP contribution in [0.4, 0.5) is 29.3 Å². The van der Waals surface area contributed by atoms with E-state index in [1.165, 1.54) is 17.8 Å². The lowest BCUT2D eigenvalue weighted by Crippen LogP contribution is -2.47. The molecule has 0 spiro atoms. The van der Waals surface area contributed by atoms with Gasteiger partial charge in [0.25, 0.3) is 0 Å². The Kier molecular flexibility index (Phi) is 6.98. The van der Waals surface area contributed by atoms with Gasteiger partial charge in [-0.1, -0.05) is 24.3 Å². The number of carbonyl (C=O) groups excluding carboxylic acids is 1. The number of amides is 2. The number of nitrogens with zero attached hydrogens (tertiary/aromatic N) is 2. The molecule has 0 aromatic heterocycles. The highest BCUT2D eigenvalue weighted by atomic mass is 19.4. The quantitative estimate of drug-likeness (QED) is 0.712. The molecular weight excluding hydrogens is 381 g/mol. The Morgan fingerprint density at radius 2 is 1.69 bits per heavy atom. The average molecular weight is 406 g/mol. The topological polar surface area (TPSA) is 47.6 Å². The molecule has 0 saturated carbocycles. The second kappa shape index (κ2) is 9.65. The van der Waals surface area contributed by atoms with Crippen LogP contribution in [0.2, 0.25) is 0 Å². The lowest BCUT2D eigenvalue weighted by Gasteiger charge is -2.36. The Labute approximate surface area is 168 Å². The van der Waals surface area contributed by atoms with Crippen molar-refractivity contribution in [3.63, 3.8) is 0 Å². The van der Waals surface area contributed by atoms with Crippen LogP contribution in [0.15, 0.2) is 54.6 Å². The number of benzene rings is 2. The second-order valence-corrected chi connectivity index (χ2v) is 6.98. The molecule has 1 aliphatic rings. The normalized spacial score (nSPS) is 15.2. The maximum atomic E-state index is 12.7. The van der Waals surface area contributed by atoms with Crippen LogP contribution in [0.3, 0.4) is 0 Å². The summed E-state index contributed by atoms with van der Waals surface area (Å²) < 4.78 is 38.1. The van der Waals surface area contributed by atoms with Crippen LogP contribution in [0.5, 0.6) is 0 Å². The fourth-order valence-electron chi connectivity index (χ4n) is 3.32. The number of hydrogen-bond acceptors (Lipinski definition) is 3. The highest BCUT2D eigenvalue weighted by molar-refractivity contribution is 5.89. The molecular formula is C21H25F3N4O. The van der Waals surface area contributed by atoms with E-state index < -0.39 is 17.8 Å². The van der Waals surface area contributed by atoms with Crippen LogP contribution >= 0.6 is 0 Å². The number of anilines is 2. The first kappa shape index (κ1) is 21.0. The predicted octanol–water partition coefficient (Wildman–Crippen LogP) is 4.04. The van der Waals surface area contributed by atoms with Gasteiger partial charge in [-0.3, -0.25) is 4.90 Å². The van der Waals surface area contributed by atoms with Gasteiger partial charge in [-0.05, 0) is 43.3 Å². The number of nitrogens with one attached hydrogen (secondary N) is 2. The summed E-state index contributed by atoms with van der Waals surface area (Å²) in [5.74, 6) is 0. The Balaban J connectivity index is 1.33. The summed E-state index contributed by atoms with van der Waals surface area (Å²) in [6, 6.07) is 14.4. The van der Waals surface area contributed by atoms with Crippen molar-refractivity contribution in [2.75, 3.05) is 49.5 Å². The summed E-state index contributed by atoms with van der Waals surface area (Å²) >= 11 is 0. The molecule has 3 rings (SSSR count). The van der Waals surface area contributed by atoms with Crippen LogP contribution in [-0.4, -0.2) is 50.2 Å². The van der Waals surface area contributed by atoms with Crippen molar-refractivity contribution < 1.29 is 18.0 Å². The summed E-state index contributed by atoms with van der Waals surface area (Å²) in [5, 5.41) is 5.14. The number of carbonyl (C=O) groups is 1. The van der Waals surface area contributed by atoms with E-state index in [4.69, 9.17) is 0 Å². The van der Waals surface area contributed by atoms with E-state index in [1.807, 2.05) is 18.2 Å². The largest absolute Gasteiger partial charge is 0.416 e. The molecule has 8 heteroatoms. The maximum absolute atomic E-state index is 12.7. The van der Waals surface area contributed by atoms with Crippen molar-refractivity contribution >= 4 is 17.4 Å². The van der Waals surface area contributed by atoms with Gasteiger partial charge in [-0.25, -0.2) is 4.79 Å². The van der Waals surface area contributed by atoms with Crippen LogP contribution < -0.4 is 15.5 Å². The zero-order chi connectivity index (χ0) is 20.7. The highest BCUT2D eigenvalue weighted by Crippen LogP contribution is 2.30. The monoisotopic (exact) mass is 406 g/mol. The highest BCUT2D eigenvalue weighted by Gasteiger charge is 2.30. The van der Waals surface area contributed by atoms with Gasteiger partial charge in [-0.2, -0.15) is 13.2 Å². The summed E-state index contributed by atoms with van der Waals surface area (Å²) in [6.07, 6.45) is -3.65. The molecule has 2 aromatic carbocycles. The van der Waals surface area contributed by atoms with Gasteiger partial charge in [0.05, 0.1) is 5.56 Å². The molecule has 0 aliphatic carbocycles. The smallest absolute Gasteiger partial charge is 0.369 e. The van der Waals surface area contributed by atoms with Gasteiger partial charge in [0.2, 0.25) is 0 Å². The molecule has 1 fully saturated rings. The molecule has 2 aromatic rings. The number of hydrogen-bond donors (Lipinski definition) is 2. The van der Waals surface area contributed by atoms with Crippen molar-refractivity contribution in [1.82, 2.24) is 10.2 Å². The standard InChI is InChI=1S/C21H25F3N4O/c22-21(23,24)17-6-4-7-18(16-17)26-20(29)25-10-5-11-27-12-14-28(15-13-27)19-8-2-1-3-9-19/h1-4,6-9,16H,5,10-15H2,(H2,25,26,29). The van der Waals surface area contributed by atoms with Crippen molar-refractivity contribution in [1.29, 1.82) is 0 Å². The molecule has 1 aliphatic heterocycles.